The number of hydrogen-bond acceptors (Lipinski definition) is 3. The van der Waals surface area contributed by atoms with E-state index in [0.717, 1.165) is 21.6 Å². The Morgan fingerprint density at radius 3 is 2.58 bits per heavy atom. The molecule has 0 atom stereocenters. The number of nitrogens with one attached hydrogen (secondary N) is 1. The maximum absolute atomic E-state index is 12.4. The number of carbonyl (C=O) groups is 1. The third-order valence-corrected chi connectivity index (χ3v) is 5.03. The molecule has 1 amide bonds. The van der Waals surface area contributed by atoms with Crippen LogP contribution >= 0.6 is 34.5 Å². The molecular weight excluding hydrogens is 367 g/mol. The minimum absolute atomic E-state index is 0.00998. The van der Waals surface area contributed by atoms with Gasteiger partial charge in [0.05, 0.1) is 20.8 Å². The fourth-order valence-corrected chi connectivity index (χ4v) is 4.02. The monoisotopic (exact) mass is 380 g/mol. The van der Waals surface area contributed by atoms with Gasteiger partial charge >= 0.3 is 4.87 Å². The van der Waals surface area contributed by atoms with Gasteiger partial charge in [-0.3, -0.25) is 14.2 Å². The number of amides is 1. The van der Waals surface area contributed by atoms with E-state index in [1.807, 2.05) is 19.9 Å². The van der Waals surface area contributed by atoms with Gasteiger partial charge in [0.25, 0.3) is 5.91 Å². The van der Waals surface area contributed by atoms with Gasteiger partial charge < -0.3 is 5.32 Å². The van der Waals surface area contributed by atoms with Gasteiger partial charge in [-0.1, -0.05) is 34.5 Å². The summed E-state index contributed by atoms with van der Waals surface area (Å²) in [7, 11) is 0. The third-order valence-electron chi connectivity index (χ3n) is 3.56. The van der Waals surface area contributed by atoms with Gasteiger partial charge in [-0.25, -0.2) is 0 Å². The van der Waals surface area contributed by atoms with Crippen molar-refractivity contribution in [3.63, 3.8) is 0 Å². The van der Waals surface area contributed by atoms with Crippen LogP contribution in [0, 0.1) is 0 Å². The van der Waals surface area contributed by atoms with Gasteiger partial charge in [0.15, 0.2) is 0 Å². The van der Waals surface area contributed by atoms with Crippen molar-refractivity contribution < 1.29 is 4.79 Å². The fraction of sp³-hybridized carbons (Fsp3) is 0.176. The molecule has 1 aromatic heterocycles. The topological polar surface area (TPSA) is 51.1 Å². The highest BCUT2D eigenvalue weighted by atomic mass is 35.5. The molecule has 3 rings (SSSR count). The molecule has 0 fully saturated rings. The van der Waals surface area contributed by atoms with Gasteiger partial charge in [-0.2, -0.15) is 0 Å². The third kappa shape index (κ3) is 3.20. The molecule has 0 aliphatic heterocycles. The van der Waals surface area contributed by atoms with E-state index in [1.54, 1.807) is 28.8 Å². The van der Waals surface area contributed by atoms with E-state index in [1.165, 1.54) is 6.07 Å². The number of fused-ring (bicyclic) bond motifs is 1. The van der Waals surface area contributed by atoms with Gasteiger partial charge in [0, 0.05) is 16.8 Å². The summed E-state index contributed by atoms with van der Waals surface area (Å²) in [5.74, 6) is -0.327. The molecule has 1 N–H and O–H groups in total. The Kier molecular flexibility index (Phi) is 4.67. The van der Waals surface area contributed by atoms with Gasteiger partial charge in [0.1, 0.15) is 0 Å². The van der Waals surface area contributed by atoms with Gasteiger partial charge in [-0.05, 0) is 50.2 Å². The predicted octanol–water partition coefficient (Wildman–Crippen LogP) is 5.20. The molecule has 0 aliphatic carbocycles. The maximum atomic E-state index is 12.4. The lowest BCUT2D eigenvalue weighted by Gasteiger charge is -2.09. The Labute approximate surface area is 152 Å². The molecule has 0 saturated carbocycles. The molecular formula is C17H14Cl2N2O2S. The largest absolute Gasteiger partial charge is 0.322 e. The Morgan fingerprint density at radius 1 is 1.17 bits per heavy atom. The maximum Gasteiger partial charge on any atom is 0.308 e. The quantitative estimate of drug-likeness (QED) is 0.678. The number of nitrogens with zero attached hydrogens (tertiary/aromatic N) is 1. The minimum atomic E-state index is -0.327. The molecule has 0 radical (unpaired) electrons. The second-order valence-electron chi connectivity index (χ2n) is 5.59. The molecule has 4 nitrogen and oxygen atoms in total. The molecule has 1 heterocycles. The number of anilines is 1. The lowest BCUT2D eigenvalue weighted by atomic mass is 10.2. The average Bonchev–Trinajstić information content (AvgIpc) is 2.82. The normalized spacial score (nSPS) is 11.2. The lowest BCUT2D eigenvalue weighted by molar-refractivity contribution is 0.102. The zero-order valence-corrected chi connectivity index (χ0v) is 15.3. The van der Waals surface area contributed by atoms with Gasteiger partial charge in [-0.15, -0.1) is 0 Å². The van der Waals surface area contributed by atoms with Crippen molar-refractivity contribution >= 4 is 56.3 Å². The molecule has 0 saturated heterocycles. The smallest absolute Gasteiger partial charge is 0.308 e. The van der Waals surface area contributed by atoms with E-state index < -0.39 is 0 Å². The average molecular weight is 381 g/mol. The number of aromatic nitrogens is 1. The number of benzene rings is 2. The highest BCUT2D eigenvalue weighted by molar-refractivity contribution is 7.16. The summed E-state index contributed by atoms with van der Waals surface area (Å²) in [6.07, 6.45) is 0. The zero-order chi connectivity index (χ0) is 17.4. The van der Waals surface area contributed by atoms with Crippen LogP contribution in [0.2, 0.25) is 10.0 Å². The molecule has 0 unspecified atom stereocenters. The van der Waals surface area contributed by atoms with E-state index in [9.17, 15) is 9.59 Å². The first-order valence-electron chi connectivity index (χ1n) is 7.28. The summed E-state index contributed by atoms with van der Waals surface area (Å²) in [4.78, 5) is 24.4. The standard InChI is InChI=1S/C17H14Cl2N2O2S/c1-9(2)21-14-6-4-11(8-15(14)24-17(21)23)20-16(22)12-5-3-10(18)7-13(12)19/h3-9H,1-2H3,(H,20,22). The molecule has 2 aromatic carbocycles. The summed E-state index contributed by atoms with van der Waals surface area (Å²) in [5.41, 5.74) is 1.81. The van der Waals surface area contributed by atoms with Crippen molar-refractivity contribution in [3.05, 3.63) is 61.7 Å². The lowest BCUT2D eigenvalue weighted by Crippen LogP contribution is -2.14. The van der Waals surface area contributed by atoms with E-state index in [2.05, 4.69) is 5.32 Å². The summed E-state index contributed by atoms with van der Waals surface area (Å²) in [6, 6.07) is 10.2. The van der Waals surface area contributed by atoms with Crippen molar-refractivity contribution in [2.24, 2.45) is 0 Å². The highest BCUT2D eigenvalue weighted by Crippen LogP contribution is 2.26. The first-order valence-corrected chi connectivity index (χ1v) is 8.85. The van der Waals surface area contributed by atoms with E-state index in [4.69, 9.17) is 23.2 Å². The minimum Gasteiger partial charge on any atom is -0.322 e. The van der Waals surface area contributed by atoms with Crippen molar-refractivity contribution in [2.45, 2.75) is 19.9 Å². The summed E-state index contributed by atoms with van der Waals surface area (Å²) in [5, 5.41) is 3.56. The Balaban J connectivity index is 1.93. The van der Waals surface area contributed by atoms with Crippen LogP contribution in [-0.4, -0.2) is 10.5 Å². The van der Waals surface area contributed by atoms with Crippen molar-refractivity contribution in [1.82, 2.24) is 4.57 Å². The zero-order valence-electron chi connectivity index (χ0n) is 13.0. The van der Waals surface area contributed by atoms with Crippen LogP contribution in [0.3, 0.4) is 0 Å². The Hall–Kier alpha value is -1.82. The molecule has 0 aliphatic rings. The Morgan fingerprint density at radius 2 is 1.92 bits per heavy atom. The first-order chi connectivity index (χ1) is 11.4. The van der Waals surface area contributed by atoms with Crippen molar-refractivity contribution in [1.29, 1.82) is 0 Å². The van der Waals surface area contributed by atoms with Crippen LogP contribution in [0.4, 0.5) is 5.69 Å². The van der Waals surface area contributed by atoms with Crippen LogP contribution < -0.4 is 10.2 Å². The predicted molar refractivity (Wildman–Crippen MR) is 101 cm³/mol. The van der Waals surface area contributed by atoms with Crippen LogP contribution in [-0.2, 0) is 0 Å². The fourth-order valence-electron chi connectivity index (χ4n) is 2.48. The highest BCUT2D eigenvalue weighted by Gasteiger charge is 2.14. The van der Waals surface area contributed by atoms with Crippen LogP contribution in [0.5, 0.6) is 0 Å². The molecule has 7 heteroatoms. The second-order valence-corrected chi connectivity index (χ2v) is 7.43. The first kappa shape index (κ1) is 17.0. The summed E-state index contributed by atoms with van der Waals surface area (Å²) >= 11 is 13.1. The van der Waals surface area contributed by atoms with E-state index >= 15 is 0 Å². The van der Waals surface area contributed by atoms with Crippen LogP contribution in [0.1, 0.15) is 30.2 Å². The van der Waals surface area contributed by atoms with Crippen molar-refractivity contribution in [3.8, 4) is 0 Å². The molecule has 0 spiro atoms. The molecule has 3 aromatic rings. The number of rotatable bonds is 3. The molecule has 0 bridgehead atoms. The number of hydrogen-bond donors (Lipinski definition) is 1. The number of halogens is 2. The number of carbonyl (C=O) groups excluding carboxylic acids is 1. The molecule has 24 heavy (non-hydrogen) atoms. The van der Waals surface area contributed by atoms with Gasteiger partial charge in [0.2, 0.25) is 0 Å². The SMILES string of the molecule is CC(C)n1c(=O)sc2cc(NC(=O)c3ccc(Cl)cc3Cl)ccc21. The summed E-state index contributed by atoms with van der Waals surface area (Å²) < 4.78 is 2.57. The Bertz CT molecular complexity index is 992. The van der Waals surface area contributed by atoms with Crippen LogP contribution in [0.25, 0.3) is 10.2 Å². The van der Waals surface area contributed by atoms with E-state index in [-0.39, 0.29) is 21.8 Å². The second kappa shape index (κ2) is 6.59. The molecule has 124 valence electrons. The van der Waals surface area contributed by atoms with Crippen LogP contribution in [0.15, 0.2) is 41.2 Å². The van der Waals surface area contributed by atoms with Crippen molar-refractivity contribution in [2.75, 3.05) is 5.32 Å². The number of thiazole rings is 1. The summed E-state index contributed by atoms with van der Waals surface area (Å²) in [6.45, 7) is 3.93. The van der Waals surface area contributed by atoms with E-state index in [0.29, 0.717) is 16.3 Å².